The van der Waals surface area contributed by atoms with Gasteiger partial charge in [0.2, 0.25) is 0 Å². The van der Waals surface area contributed by atoms with Crippen LogP contribution in [0.4, 0.5) is 4.39 Å². The molecule has 0 aliphatic rings. The summed E-state index contributed by atoms with van der Waals surface area (Å²) in [5.41, 5.74) is 0.466. The van der Waals surface area contributed by atoms with Crippen LogP contribution in [0.2, 0.25) is 0 Å². The Hall–Kier alpha value is -1.88. The van der Waals surface area contributed by atoms with Gasteiger partial charge >= 0.3 is 0 Å². The Morgan fingerprint density at radius 2 is 2.11 bits per heavy atom. The van der Waals surface area contributed by atoms with Gasteiger partial charge in [0.05, 0.1) is 0 Å². The predicted octanol–water partition coefficient (Wildman–Crippen LogP) is 3.05. The molecule has 0 unspecified atom stereocenters. The maximum Gasteiger partial charge on any atom is 0.186 e. The third-order valence-electron chi connectivity index (χ3n) is 2.30. The zero-order chi connectivity index (χ0) is 13.0. The van der Waals surface area contributed by atoms with Gasteiger partial charge in [-0.15, -0.1) is 0 Å². The first-order chi connectivity index (χ1) is 8.66. The van der Waals surface area contributed by atoms with Gasteiger partial charge in [-0.25, -0.2) is 9.37 Å². The van der Waals surface area contributed by atoms with Crippen LogP contribution in [0.1, 0.15) is 10.4 Å². The first kappa shape index (κ1) is 12.6. The number of benzene rings is 1. The van der Waals surface area contributed by atoms with Gasteiger partial charge in [-0.2, -0.15) is 0 Å². The molecule has 1 aromatic heterocycles. The number of imidazole rings is 1. The number of ketones is 1. The van der Waals surface area contributed by atoms with Crippen molar-refractivity contribution < 1.29 is 9.18 Å². The highest BCUT2D eigenvalue weighted by Crippen LogP contribution is 2.16. The molecule has 0 saturated heterocycles. The van der Waals surface area contributed by atoms with Crippen LogP contribution >= 0.6 is 11.8 Å². The van der Waals surface area contributed by atoms with E-state index in [1.165, 1.54) is 42.1 Å². The molecule has 3 nitrogen and oxygen atoms in total. The summed E-state index contributed by atoms with van der Waals surface area (Å²) in [5, 5.41) is 2.48. The lowest BCUT2D eigenvalue weighted by Gasteiger charge is -1.96. The Kier molecular flexibility index (Phi) is 3.94. The SMILES string of the molecule is Cn1ccnc1S/C=C\C(=O)c1ccc(F)cc1. The van der Waals surface area contributed by atoms with Crippen LogP contribution in [0, 0.1) is 5.82 Å². The molecule has 1 heterocycles. The van der Waals surface area contributed by atoms with E-state index in [0.717, 1.165) is 5.16 Å². The Bertz CT molecular complexity index is 575. The molecule has 0 aliphatic heterocycles. The maximum absolute atomic E-state index is 12.7. The number of carbonyl (C=O) groups excluding carboxylic acids is 1. The monoisotopic (exact) mass is 262 g/mol. The number of nitrogens with zero attached hydrogens (tertiary/aromatic N) is 2. The largest absolute Gasteiger partial charge is 0.329 e. The second-order valence-corrected chi connectivity index (χ2v) is 4.49. The summed E-state index contributed by atoms with van der Waals surface area (Å²) < 4.78 is 14.5. The zero-order valence-electron chi connectivity index (χ0n) is 9.71. The van der Waals surface area contributed by atoms with Crippen molar-refractivity contribution in [1.82, 2.24) is 9.55 Å². The van der Waals surface area contributed by atoms with Crippen LogP contribution in [-0.4, -0.2) is 15.3 Å². The van der Waals surface area contributed by atoms with Crippen molar-refractivity contribution in [2.24, 2.45) is 7.05 Å². The van der Waals surface area contributed by atoms with Crippen molar-refractivity contribution in [3.63, 3.8) is 0 Å². The van der Waals surface area contributed by atoms with Crippen LogP contribution < -0.4 is 0 Å². The van der Waals surface area contributed by atoms with Gasteiger partial charge in [-0.05, 0) is 35.7 Å². The maximum atomic E-state index is 12.7. The van der Waals surface area contributed by atoms with Crippen molar-refractivity contribution >= 4 is 17.5 Å². The molecule has 5 heteroatoms. The van der Waals surface area contributed by atoms with E-state index in [0.29, 0.717) is 5.56 Å². The fraction of sp³-hybridized carbons (Fsp3) is 0.0769. The molecule has 92 valence electrons. The van der Waals surface area contributed by atoms with E-state index >= 15 is 0 Å². The molecular formula is C13H11FN2OS. The molecule has 18 heavy (non-hydrogen) atoms. The summed E-state index contributed by atoms with van der Waals surface area (Å²) in [7, 11) is 1.88. The molecule has 2 aromatic rings. The highest BCUT2D eigenvalue weighted by molar-refractivity contribution is 8.02. The molecule has 0 amide bonds. The van der Waals surface area contributed by atoms with E-state index < -0.39 is 0 Å². The number of thioether (sulfide) groups is 1. The van der Waals surface area contributed by atoms with Crippen molar-refractivity contribution in [2.75, 3.05) is 0 Å². The Balaban J connectivity index is 1.99. The second-order valence-electron chi connectivity index (χ2n) is 3.61. The standard InChI is InChI=1S/C13H11FN2OS/c1-16-8-7-15-13(16)18-9-6-12(17)10-2-4-11(14)5-3-10/h2-9H,1H3/b9-6-. The summed E-state index contributed by atoms with van der Waals surface area (Å²) in [6.45, 7) is 0. The van der Waals surface area contributed by atoms with Crippen molar-refractivity contribution in [3.05, 3.63) is 59.5 Å². The third-order valence-corrected chi connectivity index (χ3v) is 3.17. The lowest BCUT2D eigenvalue weighted by Crippen LogP contribution is -1.93. The second kappa shape index (κ2) is 5.64. The van der Waals surface area contributed by atoms with Crippen molar-refractivity contribution in [2.45, 2.75) is 5.16 Å². The third kappa shape index (κ3) is 3.07. The molecule has 1 aromatic carbocycles. The molecule has 0 radical (unpaired) electrons. The lowest BCUT2D eigenvalue weighted by molar-refractivity contribution is 0.104. The summed E-state index contributed by atoms with van der Waals surface area (Å²) >= 11 is 1.36. The predicted molar refractivity (Wildman–Crippen MR) is 68.9 cm³/mol. The highest BCUT2D eigenvalue weighted by atomic mass is 32.2. The molecule has 2 rings (SSSR count). The minimum atomic E-state index is -0.349. The van der Waals surface area contributed by atoms with Crippen LogP contribution in [0.15, 0.2) is 53.3 Å². The smallest absolute Gasteiger partial charge is 0.186 e. The average molecular weight is 262 g/mol. The lowest BCUT2D eigenvalue weighted by atomic mass is 10.1. The topological polar surface area (TPSA) is 34.9 Å². The highest BCUT2D eigenvalue weighted by Gasteiger charge is 2.02. The Labute approximate surface area is 108 Å². The zero-order valence-corrected chi connectivity index (χ0v) is 10.5. The normalized spacial score (nSPS) is 11.0. The number of allylic oxidation sites excluding steroid dienone is 1. The van der Waals surface area contributed by atoms with Gasteiger partial charge in [0.1, 0.15) is 5.82 Å². The van der Waals surface area contributed by atoms with Gasteiger partial charge in [0, 0.05) is 25.0 Å². The molecule has 0 bridgehead atoms. The fourth-order valence-corrected chi connectivity index (χ4v) is 1.99. The van der Waals surface area contributed by atoms with Gasteiger partial charge in [-0.1, -0.05) is 11.8 Å². The molecule has 0 aliphatic carbocycles. The van der Waals surface area contributed by atoms with Crippen LogP contribution in [-0.2, 0) is 7.05 Å². The Morgan fingerprint density at radius 3 is 2.72 bits per heavy atom. The van der Waals surface area contributed by atoms with Gasteiger partial charge in [-0.3, -0.25) is 4.79 Å². The first-order valence-electron chi connectivity index (χ1n) is 5.27. The number of hydrogen-bond acceptors (Lipinski definition) is 3. The molecule has 0 atom stereocenters. The summed E-state index contributed by atoms with van der Waals surface area (Å²) in [5.74, 6) is -0.505. The minimum absolute atomic E-state index is 0.156. The van der Waals surface area contributed by atoms with Crippen LogP contribution in [0.25, 0.3) is 0 Å². The number of rotatable bonds is 4. The molecule has 0 spiro atoms. The van der Waals surface area contributed by atoms with E-state index in [2.05, 4.69) is 4.98 Å². The average Bonchev–Trinajstić information content (AvgIpc) is 2.76. The minimum Gasteiger partial charge on any atom is -0.329 e. The summed E-state index contributed by atoms with van der Waals surface area (Å²) in [6, 6.07) is 5.47. The van der Waals surface area contributed by atoms with E-state index in [9.17, 15) is 9.18 Å². The molecule has 0 fully saturated rings. The molecule has 0 saturated carbocycles. The first-order valence-corrected chi connectivity index (χ1v) is 6.15. The van der Waals surface area contributed by atoms with Crippen molar-refractivity contribution in [1.29, 1.82) is 0 Å². The number of aromatic nitrogens is 2. The van der Waals surface area contributed by atoms with Crippen LogP contribution in [0.3, 0.4) is 0 Å². The van der Waals surface area contributed by atoms with Crippen molar-refractivity contribution in [3.8, 4) is 0 Å². The summed E-state index contributed by atoms with van der Waals surface area (Å²) in [6.07, 6.45) is 4.97. The van der Waals surface area contributed by atoms with Crippen LogP contribution in [0.5, 0.6) is 0 Å². The van der Waals surface area contributed by atoms with Gasteiger partial charge in [0.25, 0.3) is 0 Å². The number of aryl methyl sites for hydroxylation is 1. The molecular weight excluding hydrogens is 251 g/mol. The fourth-order valence-electron chi connectivity index (χ4n) is 1.33. The molecule has 0 N–H and O–H groups in total. The van der Waals surface area contributed by atoms with E-state index in [-0.39, 0.29) is 11.6 Å². The summed E-state index contributed by atoms with van der Waals surface area (Å²) in [4.78, 5) is 15.8. The van der Waals surface area contributed by atoms with E-state index in [1.807, 2.05) is 17.8 Å². The van der Waals surface area contributed by atoms with E-state index in [1.54, 1.807) is 11.6 Å². The number of hydrogen-bond donors (Lipinski definition) is 0. The van der Waals surface area contributed by atoms with Gasteiger partial charge in [0.15, 0.2) is 10.9 Å². The number of halogens is 1. The van der Waals surface area contributed by atoms with Gasteiger partial charge < -0.3 is 4.57 Å². The number of carbonyl (C=O) groups is 1. The quantitative estimate of drug-likeness (QED) is 0.482. The van der Waals surface area contributed by atoms with E-state index in [4.69, 9.17) is 0 Å². The Morgan fingerprint density at radius 1 is 1.39 bits per heavy atom.